The number of rotatable bonds is 4. The first-order valence-electron chi connectivity index (χ1n) is 6.41. The maximum Gasteiger partial charge on any atom is 0.317 e. The van der Waals surface area contributed by atoms with Crippen molar-refractivity contribution in [3.8, 4) is 0 Å². The SMILES string of the molecule is CC1CN(C(=O)NCCC(=O)O)C1c1ccccc1. The first-order chi connectivity index (χ1) is 9.09. The highest BCUT2D eigenvalue weighted by molar-refractivity contribution is 5.76. The third-order valence-corrected chi connectivity index (χ3v) is 3.38. The van der Waals surface area contributed by atoms with Crippen LogP contribution in [-0.4, -0.2) is 35.1 Å². The number of benzene rings is 1. The Balaban J connectivity index is 1.94. The van der Waals surface area contributed by atoms with Crippen molar-refractivity contribution in [3.63, 3.8) is 0 Å². The maximum atomic E-state index is 12.0. The van der Waals surface area contributed by atoms with Crippen LogP contribution in [0.15, 0.2) is 30.3 Å². The summed E-state index contributed by atoms with van der Waals surface area (Å²) >= 11 is 0. The molecule has 2 amide bonds. The second kappa shape index (κ2) is 5.73. The fourth-order valence-electron chi connectivity index (χ4n) is 2.44. The van der Waals surface area contributed by atoms with Crippen molar-refractivity contribution in [2.45, 2.75) is 19.4 Å². The smallest absolute Gasteiger partial charge is 0.317 e. The highest BCUT2D eigenvalue weighted by atomic mass is 16.4. The molecule has 1 heterocycles. The van der Waals surface area contributed by atoms with Gasteiger partial charge in [0.25, 0.3) is 0 Å². The molecular formula is C14H18N2O3. The lowest BCUT2D eigenvalue weighted by Crippen LogP contribution is -2.55. The predicted octanol–water partition coefficient (Wildman–Crippen LogP) is 1.86. The lowest BCUT2D eigenvalue weighted by Gasteiger charge is -2.46. The van der Waals surface area contributed by atoms with E-state index in [0.29, 0.717) is 12.5 Å². The summed E-state index contributed by atoms with van der Waals surface area (Å²) < 4.78 is 0. The summed E-state index contributed by atoms with van der Waals surface area (Å²) in [7, 11) is 0. The number of carbonyl (C=O) groups excluding carboxylic acids is 1. The number of hydrogen-bond donors (Lipinski definition) is 2. The molecule has 1 fully saturated rings. The summed E-state index contributed by atoms with van der Waals surface area (Å²) in [4.78, 5) is 24.1. The van der Waals surface area contributed by atoms with Gasteiger partial charge < -0.3 is 15.3 Å². The van der Waals surface area contributed by atoms with Gasteiger partial charge >= 0.3 is 12.0 Å². The minimum atomic E-state index is -0.906. The van der Waals surface area contributed by atoms with Crippen LogP contribution in [0.5, 0.6) is 0 Å². The molecule has 0 spiro atoms. The Morgan fingerprint density at radius 1 is 1.37 bits per heavy atom. The van der Waals surface area contributed by atoms with E-state index in [1.165, 1.54) is 0 Å². The van der Waals surface area contributed by atoms with Gasteiger partial charge in [-0.1, -0.05) is 37.3 Å². The summed E-state index contributed by atoms with van der Waals surface area (Å²) in [5.74, 6) is -0.482. The van der Waals surface area contributed by atoms with Gasteiger partial charge in [-0.2, -0.15) is 0 Å². The van der Waals surface area contributed by atoms with Crippen LogP contribution in [0.25, 0.3) is 0 Å². The van der Waals surface area contributed by atoms with Crippen LogP contribution < -0.4 is 5.32 Å². The molecule has 0 saturated carbocycles. The van der Waals surface area contributed by atoms with Gasteiger partial charge in [0.2, 0.25) is 0 Å². The molecule has 2 rings (SSSR count). The Morgan fingerprint density at radius 2 is 2.05 bits per heavy atom. The summed E-state index contributed by atoms with van der Waals surface area (Å²) in [5, 5.41) is 11.2. The van der Waals surface area contributed by atoms with Crippen LogP contribution in [0.2, 0.25) is 0 Å². The Labute approximate surface area is 112 Å². The molecule has 5 heteroatoms. The van der Waals surface area contributed by atoms with Crippen molar-refractivity contribution in [1.82, 2.24) is 10.2 Å². The molecular weight excluding hydrogens is 244 g/mol. The van der Waals surface area contributed by atoms with Crippen LogP contribution in [0.4, 0.5) is 4.79 Å². The molecule has 102 valence electrons. The number of carbonyl (C=O) groups is 2. The van der Waals surface area contributed by atoms with E-state index in [2.05, 4.69) is 12.2 Å². The fraction of sp³-hybridized carbons (Fsp3) is 0.429. The molecule has 1 aromatic rings. The third kappa shape index (κ3) is 3.05. The second-order valence-electron chi connectivity index (χ2n) is 4.86. The van der Waals surface area contributed by atoms with Gasteiger partial charge in [0.05, 0.1) is 12.5 Å². The van der Waals surface area contributed by atoms with Crippen molar-refractivity contribution >= 4 is 12.0 Å². The molecule has 0 radical (unpaired) electrons. The topological polar surface area (TPSA) is 69.6 Å². The standard InChI is InChI=1S/C14H18N2O3/c1-10-9-16(14(19)15-8-7-12(17)18)13(10)11-5-3-2-4-6-11/h2-6,10,13H,7-9H2,1H3,(H,15,19)(H,17,18). The molecule has 1 aliphatic rings. The number of urea groups is 1. The minimum Gasteiger partial charge on any atom is -0.481 e. The average Bonchev–Trinajstić information content (AvgIpc) is 2.36. The maximum absolute atomic E-state index is 12.0. The van der Waals surface area contributed by atoms with Gasteiger partial charge in [-0.25, -0.2) is 4.79 Å². The lowest BCUT2D eigenvalue weighted by atomic mass is 9.85. The van der Waals surface area contributed by atoms with Crippen molar-refractivity contribution in [2.75, 3.05) is 13.1 Å². The Bertz CT molecular complexity index is 461. The number of nitrogens with zero attached hydrogens (tertiary/aromatic N) is 1. The molecule has 0 aliphatic carbocycles. The summed E-state index contributed by atoms with van der Waals surface area (Å²) in [6, 6.07) is 9.79. The molecule has 5 nitrogen and oxygen atoms in total. The van der Waals surface area contributed by atoms with Gasteiger partial charge in [-0.15, -0.1) is 0 Å². The Hall–Kier alpha value is -2.04. The molecule has 0 aromatic heterocycles. The first kappa shape index (κ1) is 13.4. The number of amides is 2. The average molecular weight is 262 g/mol. The lowest BCUT2D eigenvalue weighted by molar-refractivity contribution is -0.136. The number of hydrogen-bond acceptors (Lipinski definition) is 2. The Kier molecular flexibility index (Phi) is 4.04. The summed E-state index contributed by atoms with van der Waals surface area (Å²) in [6.45, 7) is 2.98. The van der Waals surface area contributed by atoms with Gasteiger partial charge in [0, 0.05) is 13.1 Å². The number of likely N-dealkylation sites (tertiary alicyclic amines) is 1. The molecule has 19 heavy (non-hydrogen) atoms. The van der Waals surface area contributed by atoms with E-state index in [1.807, 2.05) is 30.3 Å². The van der Waals surface area contributed by atoms with E-state index in [1.54, 1.807) is 4.90 Å². The van der Waals surface area contributed by atoms with Gasteiger partial charge in [0.15, 0.2) is 0 Å². The highest BCUT2D eigenvalue weighted by Crippen LogP contribution is 2.38. The number of carboxylic acid groups (broad SMARTS) is 1. The second-order valence-corrected chi connectivity index (χ2v) is 4.86. The predicted molar refractivity (Wildman–Crippen MR) is 70.7 cm³/mol. The zero-order valence-electron chi connectivity index (χ0n) is 10.9. The molecule has 2 unspecified atom stereocenters. The van der Waals surface area contributed by atoms with E-state index in [-0.39, 0.29) is 25.0 Å². The zero-order chi connectivity index (χ0) is 13.8. The number of carboxylic acids is 1. The summed E-state index contributed by atoms with van der Waals surface area (Å²) in [6.07, 6.45) is -0.0505. The van der Waals surface area contributed by atoms with E-state index < -0.39 is 5.97 Å². The van der Waals surface area contributed by atoms with Gasteiger partial charge in [-0.05, 0) is 11.5 Å². The molecule has 1 saturated heterocycles. The van der Waals surface area contributed by atoms with Crippen molar-refractivity contribution in [3.05, 3.63) is 35.9 Å². The number of nitrogens with one attached hydrogen (secondary N) is 1. The largest absolute Gasteiger partial charge is 0.481 e. The zero-order valence-corrected chi connectivity index (χ0v) is 10.9. The minimum absolute atomic E-state index is 0.0505. The first-order valence-corrected chi connectivity index (χ1v) is 6.41. The molecule has 2 N–H and O–H groups in total. The highest BCUT2D eigenvalue weighted by Gasteiger charge is 2.39. The van der Waals surface area contributed by atoms with Crippen LogP contribution in [0.1, 0.15) is 24.9 Å². The molecule has 1 aromatic carbocycles. The van der Waals surface area contributed by atoms with E-state index in [0.717, 1.165) is 5.56 Å². The van der Waals surface area contributed by atoms with Crippen LogP contribution >= 0.6 is 0 Å². The van der Waals surface area contributed by atoms with Crippen molar-refractivity contribution < 1.29 is 14.7 Å². The van der Waals surface area contributed by atoms with E-state index in [9.17, 15) is 9.59 Å². The van der Waals surface area contributed by atoms with Crippen LogP contribution in [-0.2, 0) is 4.79 Å². The summed E-state index contributed by atoms with van der Waals surface area (Å²) in [5.41, 5.74) is 1.12. The monoisotopic (exact) mass is 262 g/mol. The van der Waals surface area contributed by atoms with E-state index in [4.69, 9.17) is 5.11 Å². The Morgan fingerprint density at radius 3 is 2.63 bits per heavy atom. The van der Waals surface area contributed by atoms with Gasteiger partial charge in [0.1, 0.15) is 0 Å². The third-order valence-electron chi connectivity index (χ3n) is 3.38. The number of aliphatic carboxylic acids is 1. The molecule has 2 atom stereocenters. The molecule has 0 bridgehead atoms. The molecule has 1 aliphatic heterocycles. The van der Waals surface area contributed by atoms with Gasteiger partial charge in [-0.3, -0.25) is 4.79 Å². The van der Waals surface area contributed by atoms with E-state index >= 15 is 0 Å². The van der Waals surface area contributed by atoms with Crippen molar-refractivity contribution in [1.29, 1.82) is 0 Å². The quantitative estimate of drug-likeness (QED) is 0.870. The fourth-order valence-corrected chi connectivity index (χ4v) is 2.44. The van der Waals surface area contributed by atoms with Crippen LogP contribution in [0.3, 0.4) is 0 Å². The van der Waals surface area contributed by atoms with Crippen LogP contribution in [0, 0.1) is 5.92 Å². The normalized spacial score (nSPS) is 21.6. The van der Waals surface area contributed by atoms with Crippen molar-refractivity contribution in [2.24, 2.45) is 5.92 Å².